The van der Waals surface area contributed by atoms with Crippen molar-refractivity contribution in [1.29, 1.82) is 0 Å². The van der Waals surface area contributed by atoms with Crippen LogP contribution in [-0.2, 0) is 17.7 Å². The molecule has 0 aliphatic carbocycles. The first-order valence-corrected chi connectivity index (χ1v) is 10.5. The fourth-order valence-electron chi connectivity index (χ4n) is 3.55. The van der Waals surface area contributed by atoms with Crippen molar-refractivity contribution in [3.05, 3.63) is 35.2 Å². The minimum Gasteiger partial charge on any atom is -0.444 e. The van der Waals surface area contributed by atoms with Gasteiger partial charge in [-0.25, -0.2) is 19.7 Å². The summed E-state index contributed by atoms with van der Waals surface area (Å²) in [5, 5.41) is 12.2. The third-order valence-corrected chi connectivity index (χ3v) is 5.97. The van der Waals surface area contributed by atoms with E-state index < -0.39 is 5.60 Å². The molecule has 0 unspecified atom stereocenters. The topological polar surface area (TPSA) is 109 Å². The third kappa shape index (κ3) is 3.43. The number of amides is 1. The Balaban J connectivity index is 1.46. The van der Waals surface area contributed by atoms with Gasteiger partial charge < -0.3 is 15.0 Å². The molecular formula is C20H21N7O2S. The van der Waals surface area contributed by atoms with Gasteiger partial charge in [0.25, 0.3) is 0 Å². The summed E-state index contributed by atoms with van der Waals surface area (Å²) in [6.45, 7) is 6.76. The molecule has 0 spiro atoms. The van der Waals surface area contributed by atoms with Crippen LogP contribution in [0.1, 0.15) is 31.2 Å². The molecule has 2 N–H and O–H groups in total. The van der Waals surface area contributed by atoms with Crippen LogP contribution >= 0.6 is 11.3 Å². The Labute approximate surface area is 176 Å². The first-order chi connectivity index (χ1) is 14.4. The predicted octanol–water partition coefficient (Wildman–Crippen LogP) is 4.00. The summed E-state index contributed by atoms with van der Waals surface area (Å²) in [5.74, 6) is 0.743. The molecule has 0 radical (unpaired) electrons. The number of ether oxygens (including phenoxy) is 1. The molecule has 4 aromatic heterocycles. The van der Waals surface area contributed by atoms with Crippen molar-refractivity contribution in [3.63, 3.8) is 0 Å². The highest BCUT2D eigenvalue weighted by molar-refractivity contribution is 7.19. The number of hydrogen-bond donors (Lipinski definition) is 2. The van der Waals surface area contributed by atoms with Crippen molar-refractivity contribution in [2.45, 2.75) is 39.3 Å². The van der Waals surface area contributed by atoms with E-state index in [4.69, 9.17) is 4.74 Å². The number of rotatable bonds is 2. The molecule has 1 aliphatic rings. The summed E-state index contributed by atoms with van der Waals surface area (Å²) in [6.07, 6.45) is 5.49. The number of carbonyl (C=O) groups excluding carboxylic acids is 1. The van der Waals surface area contributed by atoms with Gasteiger partial charge in [-0.05, 0) is 38.8 Å². The van der Waals surface area contributed by atoms with E-state index in [9.17, 15) is 4.79 Å². The van der Waals surface area contributed by atoms with E-state index >= 15 is 0 Å². The predicted molar refractivity (Wildman–Crippen MR) is 115 cm³/mol. The van der Waals surface area contributed by atoms with Gasteiger partial charge in [0.1, 0.15) is 22.6 Å². The second kappa shape index (κ2) is 6.91. The van der Waals surface area contributed by atoms with Crippen LogP contribution in [0.5, 0.6) is 0 Å². The van der Waals surface area contributed by atoms with E-state index in [2.05, 4.69) is 30.5 Å². The van der Waals surface area contributed by atoms with Crippen molar-refractivity contribution >= 4 is 50.2 Å². The minimum absolute atomic E-state index is 0.283. The largest absolute Gasteiger partial charge is 0.444 e. The average Bonchev–Trinajstić information content (AvgIpc) is 3.30. The molecule has 5 heterocycles. The van der Waals surface area contributed by atoms with Gasteiger partial charge in [0, 0.05) is 16.8 Å². The van der Waals surface area contributed by atoms with Crippen LogP contribution in [0, 0.1) is 0 Å². The standard InChI is InChI=1S/C20H21N7O2S/c1-20(2,3)29-19(28)27-5-4-13-14(9-27)30-18-15(13)17(22-10-23-18)25-12-6-11-7-24-26-16(11)21-8-12/h6-8,10H,4-5,9H2,1-3H3,(H,21,24,26)(H,22,23,25). The molecular weight excluding hydrogens is 402 g/mol. The maximum absolute atomic E-state index is 12.5. The summed E-state index contributed by atoms with van der Waals surface area (Å²) < 4.78 is 5.53. The monoisotopic (exact) mass is 423 g/mol. The number of hydrogen-bond acceptors (Lipinski definition) is 8. The van der Waals surface area contributed by atoms with Crippen LogP contribution < -0.4 is 5.32 Å². The number of aromatic amines is 1. The van der Waals surface area contributed by atoms with E-state index in [-0.39, 0.29) is 6.09 Å². The van der Waals surface area contributed by atoms with Crippen molar-refractivity contribution in [3.8, 4) is 0 Å². The molecule has 0 aromatic carbocycles. The van der Waals surface area contributed by atoms with Gasteiger partial charge in [-0.1, -0.05) is 0 Å². The fraction of sp³-hybridized carbons (Fsp3) is 0.350. The molecule has 4 aromatic rings. The van der Waals surface area contributed by atoms with Gasteiger partial charge >= 0.3 is 6.09 Å². The molecule has 154 valence electrons. The summed E-state index contributed by atoms with van der Waals surface area (Å²) in [6, 6.07) is 1.98. The highest BCUT2D eigenvalue weighted by Crippen LogP contribution is 2.38. The molecule has 1 aliphatic heterocycles. The van der Waals surface area contributed by atoms with Gasteiger partial charge in [0.15, 0.2) is 5.65 Å². The van der Waals surface area contributed by atoms with E-state index in [0.717, 1.165) is 44.1 Å². The first kappa shape index (κ1) is 18.7. The first-order valence-electron chi connectivity index (χ1n) is 9.67. The molecule has 0 saturated carbocycles. The fourth-order valence-corrected chi connectivity index (χ4v) is 4.75. The molecule has 0 fully saturated rings. The highest BCUT2D eigenvalue weighted by Gasteiger charge is 2.29. The Morgan fingerprint density at radius 2 is 2.13 bits per heavy atom. The Morgan fingerprint density at radius 1 is 1.27 bits per heavy atom. The van der Waals surface area contributed by atoms with Crippen molar-refractivity contribution in [2.75, 3.05) is 11.9 Å². The molecule has 0 saturated heterocycles. The quantitative estimate of drug-likeness (QED) is 0.501. The van der Waals surface area contributed by atoms with E-state index in [0.29, 0.717) is 13.1 Å². The van der Waals surface area contributed by atoms with E-state index in [1.54, 1.807) is 35.0 Å². The molecule has 0 bridgehead atoms. The van der Waals surface area contributed by atoms with Gasteiger partial charge in [-0.2, -0.15) is 5.10 Å². The van der Waals surface area contributed by atoms with Gasteiger partial charge in [0.05, 0.1) is 30.0 Å². The van der Waals surface area contributed by atoms with Crippen molar-refractivity contribution in [2.24, 2.45) is 0 Å². The van der Waals surface area contributed by atoms with Crippen LogP contribution in [0.15, 0.2) is 24.8 Å². The maximum Gasteiger partial charge on any atom is 0.410 e. The highest BCUT2D eigenvalue weighted by atomic mass is 32.1. The van der Waals surface area contributed by atoms with Gasteiger partial charge in [-0.3, -0.25) is 5.10 Å². The lowest BCUT2D eigenvalue weighted by Gasteiger charge is -2.30. The number of H-pyrrole nitrogens is 1. The SMILES string of the molecule is CC(C)(C)OC(=O)N1CCc2c(sc3ncnc(Nc4cnc5[nH]ncc5c4)c23)C1. The van der Waals surface area contributed by atoms with Crippen molar-refractivity contribution in [1.82, 2.24) is 30.0 Å². The number of pyridine rings is 1. The molecule has 9 nitrogen and oxygen atoms in total. The van der Waals surface area contributed by atoms with Crippen LogP contribution in [0.2, 0.25) is 0 Å². The molecule has 10 heteroatoms. The van der Waals surface area contributed by atoms with E-state index in [1.165, 1.54) is 5.56 Å². The number of anilines is 2. The zero-order valence-corrected chi connectivity index (χ0v) is 17.7. The normalized spacial score (nSPS) is 14.2. The average molecular weight is 424 g/mol. The Hall–Kier alpha value is -3.27. The van der Waals surface area contributed by atoms with Gasteiger partial charge in [0.2, 0.25) is 0 Å². The lowest BCUT2D eigenvalue weighted by atomic mass is 10.1. The van der Waals surface area contributed by atoms with Crippen LogP contribution in [-0.4, -0.2) is 48.3 Å². The number of thiophene rings is 1. The van der Waals surface area contributed by atoms with E-state index in [1.807, 2.05) is 26.8 Å². The molecule has 30 heavy (non-hydrogen) atoms. The number of carbonyl (C=O) groups is 1. The molecule has 0 atom stereocenters. The van der Waals surface area contributed by atoms with Crippen LogP contribution in [0.4, 0.5) is 16.3 Å². The minimum atomic E-state index is -0.510. The Bertz CT molecular complexity index is 1260. The summed E-state index contributed by atoms with van der Waals surface area (Å²) >= 11 is 1.60. The summed E-state index contributed by atoms with van der Waals surface area (Å²) in [4.78, 5) is 29.6. The number of nitrogens with one attached hydrogen (secondary N) is 2. The molecule has 1 amide bonds. The third-order valence-electron chi connectivity index (χ3n) is 4.84. The summed E-state index contributed by atoms with van der Waals surface area (Å²) in [5.41, 5.74) is 2.25. The number of fused-ring (bicyclic) bond motifs is 4. The maximum atomic E-state index is 12.5. The number of aromatic nitrogens is 5. The molecule has 5 rings (SSSR count). The smallest absolute Gasteiger partial charge is 0.410 e. The Morgan fingerprint density at radius 3 is 2.97 bits per heavy atom. The Kier molecular flexibility index (Phi) is 4.31. The number of nitrogens with zero attached hydrogens (tertiary/aromatic N) is 5. The van der Waals surface area contributed by atoms with Crippen LogP contribution in [0.25, 0.3) is 21.3 Å². The lowest BCUT2D eigenvalue weighted by molar-refractivity contribution is 0.0227. The second-order valence-electron chi connectivity index (χ2n) is 8.21. The lowest BCUT2D eigenvalue weighted by Crippen LogP contribution is -2.39. The van der Waals surface area contributed by atoms with Crippen molar-refractivity contribution < 1.29 is 9.53 Å². The van der Waals surface area contributed by atoms with Crippen LogP contribution in [0.3, 0.4) is 0 Å². The zero-order chi connectivity index (χ0) is 20.9. The summed E-state index contributed by atoms with van der Waals surface area (Å²) in [7, 11) is 0. The second-order valence-corrected chi connectivity index (χ2v) is 9.30. The zero-order valence-electron chi connectivity index (χ0n) is 16.9. The van der Waals surface area contributed by atoms with Gasteiger partial charge in [-0.15, -0.1) is 11.3 Å².